The third-order valence-electron chi connectivity index (χ3n) is 3.16. The Bertz CT molecular complexity index is 494. The van der Waals surface area contributed by atoms with Gasteiger partial charge in [-0.05, 0) is 35.6 Å². The zero-order chi connectivity index (χ0) is 12.6. The van der Waals surface area contributed by atoms with Gasteiger partial charge in [-0.15, -0.1) is 0 Å². The molecule has 0 radical (unpaired) electrons. The molecule has 0 aromatic heterocycles. The minimum atomic E-state index is -1.00. The van der Waals surface area contributed by atoms with Gasteiger partial charge in [0.05, 0.1) is 0 Å². The summed E-state index contributed by atoms with van der Waals surface area (Å²) in [6.45, 7) is 1.95. The van der Waals surface area contributed by atoms with Crippen molar-refractivity contribution in [3.63, 3.8) is 0 Å². The zero-order valence-corrected chi connectivity index (χ0v) is 9.69. The molecule has 0 aliphatic heterocycles. The lowest BCUT2D eigenvalue weighted by Crippen LogP contribution is -2.32. The molecule has 0 heterocycles. The molecule has 1 aromatic carbocycles. The number of benzene rings is 1. The lowest BCUT2D eigenvalue weighted by Gasteiger charge is -2.10. The average Bonchev–Trinajstić information content (AvgIpc) is 2.59. The van der Waals surface area contributed by atoms with Crippen molar-refractivity contribution < 1.29 is 14.7 Å². The number of Topliss-reactive ketones (excluding diaryl/α,β-unsaturated/α-hetero) is 1. The molecule has 17 heavy (non-hydrogen) atoms. The topological polar surface area (TPSA) is 80.4 Å². The lowest BCUT2D eigenvalue weighted by molar-refractivity contribution is -0.138. The largest absolute Gasteiger partial charge is 0.480 e. The van der Waals surface area contributed by atoms with Crippen molar-refractivity contribution in [1.82, 2.24) is 0 Å². The minimum Gasteiger partial charge on any atom is -0.480 e. The molecular weight excluding hydrogens is 218 g/mol. The Morgan fingerprint density at radius 1 is 1.47 bits per heavy atom. The number of carboxylic acids is 1. The monoisotopic (exact) mass is 233 g/mol. The zero-order valence-electron chi connectivity index (χ0n) is 9.69. The van der Waals surface area contributed by atoms with Crippen molar-refractivity contribution in [2.45, 2.75) is 32.2 Å². The maximum atomic E-state index is 11.4. The van der Waals surface area contributed by atoms with Gasteiger partial charge in [0.1, 0.15) is 11.8 Å². The second kappa shape index (κ2) is 4.30. The number of ketones is 1. The van der Waals surface area contributed by atoms with E-state index in [4.69, 9.17) is 10.8 Å². The molecule has 3 N–H and O–H groups in total. The van der Waals surface area contributed by atoms with Crippen LogP contribution in [0, 0.1) is 6.92 Å². The van der Waals surface area contributed by atoms with Crippen LogP contribution in [-0.4, -0.2) is 22.9 Å². The van der Waals surface area contributed by atoms with Crippen LogP contribution in [-0.2, 0) is 28.9 Å². The van der Waals surface area contributed by atoms with E-state index in [9.17, 15) is 9.59 Å². The van der Waals surface area contributed by atoms with E-state index in [2.05, 4.69) is 0 Å². The third-order valence-corrected chi connectivity index (χ3v) is 3.16. The van der Waals surface area contributed by atoms with Crippen LogP contribution in [0.5, 0.6) is 0 Å². The smallest absolute Gasteiger partial charge is 0.320 e. The van der Waals surface area contributed by atoms with Gasteiger partial charge in [0.25, 0.3) is 0 Å². The third kappa shape index (κ3) is 2.36. The van der Waals surface area contributed by atoms with E-state index in [1.54, 1.807) is 0 Å². The van der Waals surface area contributed by atoms with Crippen LogP contribution in [0.2, 0.25) is 0 Å². The summed E-state index contributed by atoms with van der Waals surface area (Å²) in [5.41, 5.74) is 9.59. The highest BCUT2D eigenvalue weighted by Gasteiger charge is 2.21. The molecular formula is C13H15NO3. The first-order valence-corrected chi connectivity index (χ1v) is 5.58. The van der Waals surface area contributed by atoms with Gasteiger partial charge in [-0.25, -0.2) is 0 Å². The highest BCUT2D eigenvalue weighted by Crippen LogP contribution is 2.25. The molecule has 1 aliphatic carbocycles. The molecule has 1 aliphatic rings. The maximum absolute atomic E-state index is 11.4. The molecule has 0 saturated heterocycles. The molecule has 4 heteroatoms. The summed E-state index contributed by atoms with van der Waals surface area (Å²) >= 11 is 0. The van der Waals surface area contributed by atoms with Gasteiger partial charge in [-0.1, -0.05) is 12.1 Å². The second-order valence-corrected chi connectivity index (χ2v) is 4.59. The Morgan fingerprint density at radius 3 is 2.82 bits per heavy atom. The quantitative estimate of drug-likeness (QED) is 0.801. The van der Waals surface area contributed by atoms with Crippen LogP contribution >= 0.6 is 0 Å². The van der Waals surface area contributed by atoms with Crippen molar-refractivity contribution >= 4 is 11.8 Å². The maximum Gasteiger partial charge on any atom is 0.320 e. The summed E-state index contributed by atoms with van der Waals surface area (Å²) in [7, 11) is 0. The fourth-order valence-electron chi connectivity index (χ4n) is 2.31. The normalized spacial score (nSPS) is 15.8. The van der Waals surface area contributed by atoms with Crippen molar-refractivity contribution in [1.29, 1.82) is 0 Å². The minimum absolute atomic E-state index is 0.225. The van der Waals surface area contributed by atoms with Crippen molar-refractivity contribution in [2.75, 3.05) is 0 Å². The molecule has 1 aromatic rings. The number of hydrogen-bond donors (Lipinski definition) is 2. The first kappa shape index (κ1) is 11.8. The highest BCUT2D eigenvalue weighted by atomic mass is 16.4. The molecule has 2 rings (SSSR count). The summed E-state index contributed by atoms with van der Waals surface area (Å²) in [5, 5.41) is 8.77. The van der Waals surface area contributed by atoms with Crippen molar-refractivity contribution in [2.24, 2.45) is 5.73 Å². The van der Waals surface area contributed by atoms with E-state index in [0.29, 0.717) is 19.3 Å². The number of nitrogens with two attached hydrogens (primary N) is 1. The van der Waals surface area contributed by atoms with Gasteiger partial charge in [-0.2, -0.15) is 0 Å². The van der Waals surface area contributed by atoms with Gasteiger partial charge in [0, 0.05) is 12.8 Å². The molecule has 0 fully saturated rings. The number of carboxylic acid groups (broad SMARTS) is 1. The molecule has 4 nitrogen and oxygen atoms in total. The van der Waals surface area contributed by atoms with Crippen LogP contribution in [0.4, 0.5) is 0 Å². The number of carbonyl (C=O) groups excluding carboxylic acids is 1. The van der Waals surface area contributed by atoms with Crippen LogP contribution in [0.25, 0.3) is 0 Å². The van der Waals surface area contributed by atoms with E-state index in [-0.39, 0.29) is 5.78 Å². The summed E-state index contributed by atoms with van der Waals surface area (Å²) in [6, 6.07) is 2.96. The number of carbonyl (C=O) groups is 2. The molecule has 0 bridgehead atoms. The number of aryl methyl sites for hydroxylation is 1. The van der Waals surface area contributed by atoms with Crippen molar-refractivity contribution in [3.05, 3.63) is 34.4 Å². The Balaban J connectivity index is 2.27. The predicted octanol–water partition coefficient (Wildman–Crippen LogP) is 0.617. The standard InChI is InChI=1S/C13H15NO3/c1-7-2-8(4-12(14)13(16)17)3-9-5-10(15)6-11(7)9/h2-3,12H,4-6,14H2,1H3,(H,16,17). The van der Waals surface area contributed by atoms with Crippen LogP contribution in [0.3, 0.4) is 0 Å². The Morgan fingerprint density at radius 2 is 2.18 bits per heavy atom. The fourth-order valence-corrected chi connectivity index (χ4v) is 2.31. The van der Waals surface area contributed by atoms with Crippen LogP contribution < -0.4 is 5.73 Å². The van der Waals surface area contributed by atoms with E-state index in [1.807, 2.05) is 19.1 Å². The van der Waals surface area contributed by atoms with Crippen LogP contribution in [0.15, 0.2) is 12.1 Å². The summed E-state index contributed by atoms with van der Waals surface area (Å²) in [6.07, 6.45) is 1.27. The Labute approximate surface area is 99.4 Å². The predicted molar refractivity (Wildman–Crippen MR) is 62.9 cm³/mol. The van der Waals surface area contributed by atoms with Crippen molar-refractivity contribution in [3.8, 4) is 0 Å². The summed E-state index contributed by atoms with van der Waals surface area (Å²) in [4.78, 5) is 22.1. The van der Waals surface area contributed by atoms with Gasteiger partial charge in [0.15, 0.2) is 0 Å². The number of aliphatic carboxylic acids is 1. The Hall–Kier alpha value is -1.68. The second-order valence-electron chi connectivity index (χ2n) is 4.59. The first-order valence-electron chi connectivity index (χ1n) is 5.58. The first-order chi connectivity index (χ1) is 7.97. The highest BCUT2D eigenvalue weighted by molar-refractivity contribution is 5.88. The molecule has 1 atom stereocenters. The number of fused-ring (bicyclic) bond motifs is 1. The summed E-state index contributed by atoms with van der Waals surface area (Å²) in [5.74, 6) is -0.776. The van der Waals surface area contributed by atoms with Gasteiger partial charge in [0.2, 0.25) is 0 Å². The number of rotatable bonds is 3. The molecule has 0 spiro atoms. The molecule has 0 amide bonds. The molecule has 1 unspecified atom stereocenters. The van der Waals surface area contributed by atoms with E-state index < -0.39 is 12.0 Å². The van der Waals surface area contributed by atoms with E-state index in [0.717, 1.165) is 22.3 Å². The molecule has 90 valence electrons. The van der Waals surface area contributed by atoms with Gasteiger partial charge < -0.3 is 10.8 Å². The molecule has 0 saturated carbocycles. The van der Waals surface area contributed by atoms with E-state index >= 15 is 0 Å². The van der Waals surface area contributed by atoms with E-state index in [1.165, 1.54) is 0 Å². The summed E-state index contributed by atoms with van der Waals surface area (Å²) < 4.78 is 0. The fraction of sp³-hybridized carbons (Fsp3) is 0.385. The lowest BCUT2D eigenvalue weighted by atomic mass is 9.97. The van der Waals surface area contributed by atoms with Gasteiger partial charge >= 0.3 is 5.97 Å². The number of hydrogen-bond acceptors (Lipinski definition) is 3. The Kier molecular flexibility index (Phi) is 2.98. The van der Waals surface area contributed by atoms with Crippen LogP contribution in [0.1, 0.15) is 22.3 Å². The SMILES string of the molecule is Cc1cc(CC(N)C(=O)O)cc2c1CC(=O)C2. The average molecular weight is 233 g/mol. The van der Waals surface area contributed by atoms with Gasteiger partial charge in [-0.3, -0.25) is 9.59 Å².